The first-order valence-electron chi connectivity index (χ1n) is 11.1. The van der Waals surface area contributed by atoms with E-state index < -0.39 is 0 Å². The van der Waals surface area contributed by atoms with Crippen molar-refractivity contribution in [3.05, 3.63) is 56.4 Å². The third-order valence-corrected chi connectivity index (χ3v) is 7.71. The van der Waals surface area contributed by atoms with Gasteiger partial charge in [-0.2, -0.15) is 0 Å². The van der Waals surface area contributed by atoms with Crippen LogP contribution in [-0.2, 0) is 24.1 Å². The lowest BCUT2D eigenvalue weighted by molar-refractivity contribution is -0.132. The molecule has 0 bridgehead atoms. The van der Waals surface area contributed by atoms with Crippen molar-refractivity contribution in [3.63, 3.8) is 0 Å². The second kappa shape index (κ2) is 8.46. The van der Waals surface area contributed by atoms with Gasteiger partial charge in [-0.05, 0) is 61.8 Å². The van der Waals surface area contributed by atoms with Gasteiger partial charge in [-0.1, -0.05) is 12.1 Å². The summed E-state index contributed by atoms with van der Waals surface area (Å²) in [5.41, 5.74) is 2.29. The molecule has 1 amide bonds. The fraction of sp³-hybridized carbons (Fsp3) is 0.458. The maximum absolute atomic E-state index is 13.0. The van der Waals surface area contributed by atoms with Crippen molar-refractivity contribution in [1.82, 2.24) is 14.9 Å². The topological polar surface area (TPSA) is 75.3 Å². The number of carbonyl (C=O) groups excluding carboxylic acids is 1. The summed E-state index contributed by atoms with van der Waals surface area (Å²) in [6.45, 7) is 0.774. The van der Waals surface area contributed by atoms with Crippen molar-refractivity contribution in [3.8, 4) is 5.75 Å². The van der Waals surface area contributed by atoms with Crippen LogP contribution in [0, 0.1) is 0 Å². The number of aryl methyl sites for hydroxylation is 3. The predicted molar refractivity (Wildman–Crippen MR) is 122 cm³/mol. The molecule has 1 saturated heterocycles. The maximum Gasteiger partial charge on any atom is 0.259 e. The van der Waals surface area contributed by atoms with Gasteiger partial charge in [-0.15, -0.1) is 11.3 Å². The van der Waals surface area contributed by atoms with E-state index in [-0.39, 0.29) is 17.5 Å². The number of methoxy groups -OCH3 is 1. The number of aromatic nitrogens is 2. The molecule has 2 aliphatic rings. The molecule has 6 nitrogen and oxygen atoms in total. The number of ether oxygens (including phenoxy) is 1. The quantitative estimate of drug-likeness (QED) is 0.650. The zero-order valence-electron chi connectivity index (χ0n) is 17.8. The molecule has 31 heavy (non-hydrogen) atoms. The summed E-state index contributed by atoms with van der Waals surface area (Å²) >= 11 is 1.65. The van der Waals surface area contributed by atoms with Crippen molar-refractivity contribution in [2.24, 2.45) is 0 Å². The summed E-state index contributed by atoms with van der Waals surface area (Å²) in [7, 11) is 1.65. The number of aromatic amines is 1. The van der Waals surface area contributed by atoms with Crippen LogP contribution >= 0.6 is 11.3 Å². The monoisotopic (exact) mass is 437 g/mol. The predicted octanol–water partition coefficient (Wildman–Crippen LogP) is 4.17. The van der Waals surface area contributed by atoms with E-state index in [9.17, 15) is 9.59 Å². The number of amides is 1. The Bertz CT molecular complexity index is 1170. The molecule has 1 N–H and O–H groups in total. The molecule has 1 atom stereocenters. The third-order valence-electron chi connectivity index (χ3n) is 6.52. The molecule has 1 aromatic carbocycles. The van der Waals surface area contributed by atoms with Crippen molar-refractivity contribution in [1.29, 1.82) is 0 Å². The number of hydrogen-bond acceptors (Lipinski definition) is 5. The first-order valence-corrected chi connectivity index (χ1v) is 11.9. The number of nitrogens with one attached hydrogen (secondary N) is 1. The molecule has 5 rings (SSSR count). The summed E-state index contributed by atoms with van der Waals surface area (Å²) in [6, 6.07) is 8.08. The Morgan fingerprint density at radius 1 is 1.23 bits per heavy atom. The first-order chi connectivity index (χ1) is 15.1. The lowest BCUT2D eigenvalue weighted by Gasteiger charge is -2.25. The van der Waals surface area contributed by atoms with Crippen LogP contribution < -0.4 is 10.3 Å². The lowest BCUT2D eigenvalue weighted by Crippen LogP contribution is -2.31. The fourth-order valence-electron chi connectivity index (χ4n) is 4.93. The normalized spacial score (nSPS) is 18.4. The molecule has 1 fully saturated rings. The van der Waals surface area contributed by atoms with Crippen LogP contribution in [0.4, 0.5) is 0 Å². The average molecular weight is 438 g/mol. The number of likely N-dealkylation sites (tertiary alicyclic amines) is 1. The minimum absolute atomic E-state index is 0.0517. The third kappa shape index (κ3) is 3.87. The molecule has 3 aromatic rings. The number of thiophene rings is 1. The minimum Gasteiger partial charge on any atom is -0.497 e. The van der Waals surface area contributed by atoms with Gasteiger partial charge in [0.25, 0.3) is 5.56 Å². The second-order valence-corrected chi connectivity index (χ2v) is 9.51. The van der Waals surface area contributed by atoms with E-state index >= 15 is 0 Å². The highest BCUT2D eigenvalue weighted by Crippen LogP contribution is 2.34. The Balaban J connectivity index is 1.30. The number of fused-ring (bicyclic) bond motifs is 3. The minimum atomic E-state index is -0.0517. The number of H-pyrrole nitrogens is 1. The first kappa shape index (κ1) is 20.2. The Hall–Kier alpha value is -2.67. The van der Waals surface area contributed by atoms with E-state index in [4.69, 9.17) is 9.72 Å². The highest BCUT2D eigenvalue weighted by atomic mass is 32.1. The standard InChI is InChI=1S/C24H27N3O3S/c1-30-16-10-8-15(9-11-16)18-6-4-14-27(18)21(28)13-12-20-25-23(29)22-17-5-2-3-7-19(17)31-24(22)26-20/h8-11,18H,2-7,12-14H2,1H3,(H,25,26,29)/t18-/m0/s1. The van der Waals surface area contributed by atoms with Crippen molar-refractivity contribution >= 4 is 27.5 Å². The van der Waals surface area contributed by atoms with E-state index in [2.05, 4.69) is 4.98 Å². The van der Waals surface area contributed by atoms with E-state index in [0.717, 1.165) is 60.2 Å². The lowest BCUT2D eigenvalue weighted by atomic mass is 9.97. The maximum atomic E-state index is 13.0. The van der Waals surface area contributed by atoms with E-state index in [1.165, 1.54) is 16.9 Å². The van der Waals surface area contributed by atoms with Gasteiger partial charge in [0, 0.05) is 24.3 Å². The zero-order chi connectivity index (χ0) is 21.4. The van der Waals surface area contributed by atoms with E-state index in [0.29, 0.717) is 18.7 Å². The highest BCUT2D eigenvalue weighted by molar-refractivity contribution is 7.18. The molecule has 2 aromatic heterocycles. The molecule has 0 unspecified atom stereocenters. The molecule has 162 valence electrons. The Morgan fingerprint density at radius 3 is 2.84 bits per heavy atom. The van der Waals surface area contributed by atoms with Crippen molar-refractivity contribution < 1.29 is 9.53 Å². The number of carbonyl (C=O) groups is 1. The van der Waals surface area contributed by atoms with Crippen molar-refractivity contribution in [2.75, 3.05) is 13.7 Å². The summed E-state index contributed by atoms with van der Waals surface area (Å²) in [4.78, 5) is 37.5. The fourth-order valence-corrected chi connectivity index (χ4v) is 6.21. The van der Waals surface area contributed by atoms with Gasteiger partial charge < -0.3 is 14.6 Å². The molecule has 7 heteroatoms. The molecule has 3 heterocycles. The Kier molecular flexibility index (Phi) is 5.52. The van der Waals surface area contributed by atoms with Crippen LogP contribution in [0.2, 0.25) is 0 Å². The molecular weight excluding hydrogens is 410 g/mol. The largest absolute Gasteiger partial charge is 0.497 e. The van der Waals surface area contributed by atoms with Crippen molar-refractivity contribution in [2.45, 2.75) is 57.4 Å². The number of hydrogen-bond donors (Lipinski definition) is 1. The van der Waals surface area contributed by atoms with Gasteiger partial charge >= 0.3 is 0 Å². The number of nitrogens with zero attached hydrogens (tertiary/aromatic N) is 2. The Morgan fingerprint density at radius 2 is 2.03 bits per heavy atom. The van der Waals surface area contributed by atoms with Crippen LogP contribution in [-0.4, -0.2) is 34.4 Å². The van der Waals surface area contributed by atoms with Gasteiger partial charge in [-0.3, -0.25) is 9.59 Å². The van der Waals surface area contributed by atoms with Gasteiger partial charge in [-0.25, -0.2) is 4.98 Å². The molecule has 0 radical (unpaired) electrons. The average Bonchev–Trinajstić information content (AvgIpc) is 3.42. The van der Waals surface area contributed by atoms with E-state index in [1.54, 1.807) is 18.4 Å². The van der Waals surface area contributed by atoms with Crippen LogP contribution in [0.3, 0.4) is 0 Å². The summed E-state index contributed by atoms with van der Waals surface area (Å²) in [5, 5.41) is 0.772. The highest BCUT2D eigenvalue weighted by Gasteiger charge is 2.29. The van der Waals surface area contributed by atoms with Crippen LogP contribution in [0.25, 0.3) is 10.2 Å². The molecular formula is C24H27N3O3S. The summed E-state index contributed by atoms with van der Waals surface area (Å²) < 4.78 is 5.24. The van der Waals surface area contributed by atoms with Gasteiger partial charge in [0.2, 0.25) is 5.91 Å². The smallest absolute Gasteiger partial charge is 0.259 e. The summed E-state index contributed by atoms with van der Waals surface area (Å²) in [6.07, 6.45) is 7.13. The molecule has 0 spiro atoms. The number of benzene rings is 1. The van der Waals surface area contributed by atoms with E-state index in [1.807, 2.05) is 29.2 Å². The van der Waals surface area contributed by atoms with Gasteiger partial charge in [0.05, 0.1) is 18.5 Å². The number of rotatable bonds is 5. The zero-order valence-corrected chi connectivity index (χ0v) is 18.6. The van der Waals surface area contributed by atoms with Gasteiger partial charge in [0.1, 0.15) is 16.4 Å². The Labute approximate surface area is 185 Å². The van der Waals surface area contributed by atoms with Crippen LogP contribution in [0.15, 0.2) is 29.1 Å². The molecule has 1 aliphatic heterocycles. The second-order valence-electron chi connectivity index (χ2n) is 8.42. The van der Waals surface area contributed by atoms with Gasteiger partial charge in [0.15, 0.2) is 0 Å². The molecule has 0 saturated carbocycles. The summed E-state index contributed by atoms with van der Waals surface area (Å²) in [5.74, 6) is 1.55. The van der Waals surface area contributed by atoms with Crippen LogP contribution in [0.1, 0.15) is 60.0 Å². The SMILES string of the molecule is COc1ccc([C@@H]2CCCN2C(=O)CCc2nc3sc4c(c3c(=O)[nH]2)CCCC4)cc1. The molecule has 1 aliphatic carbocycles. The van der Waals surface area contributed by atoms with Crippen LogP contribution in [0.5, 0.6) is 5.75 Å².